The van der Waals surface area contributed by atoms with Crippen LogP contribution in [0.1, 0.15) is 21.6 Å². The average molecular weight is 405 g/mol. The summed E-state index contributed by atoms with van der Waals surface area (Å²) in [6.45, 7) is 2.50. The van der Waals surface area contributed by atoms with Crippen molar-refractivity contribution in [2.75, 3.05) is 5.32 Å². The Balaban J connectivity index is 1.75. The molecule has 24 heavy (non-hydrogen) atoms. The van der Waals surface area contributed by atoms with Crippen LogP contribution in [0.4, 0.5) is 5.82 Å². The number of benzene rings is 2. The quantitative estimate of drug-likeness (QED) is 0.672. The predicted molar refractivity (Wildman–Crippen MR) is 99.6 cm³/mol. The summed E-state index contributed by atoms with van der Waals surface area (Å²) in [5, 5.41) is 7.97. The molecule has 0 unspecified atom stereocenters. The number of aromatic nitrogens is 2. The fourth-order valence-electron chi connectivity index (χ4n) is 2.31. The fraction of sp³-hybridized carbons (Fsp3) is 0.111. The molecule has 1 N–H and O–H groups in total. The van der Waals surface area contributed by atoms with Gasteiger partial charge in [0.05, 0.1) is 6.54 Å². The zero-order valence-corrected chi connectivity index (χ0v) is 15.3. The van der Waals surface area contributed by atoms with Gasteiger partial charge < -0.3 is 5.32 Å². The molecule has 0 fully saturated rings. The van der Waals surface area contributed by atoms with Gasteiger partial charge in [-0.1, -0.05) is 45.7 Å². The maximum atomic E-state index is 12.3. The molecule has 0 saturated heterocycles. The lowest BCUT2D eigenvalue weighted by atomic mass is 10.2. The zero-order chi connectivity index (χ0) is 17.1. The molecule has 0 spiro atoms. The van der Waals surface area contributed by atoms with Crippen LogP contribution in [0.5, 0.6) is 0 Å². The van der Waals surface area contributed by atoms with Crippen molar-refractivity contribution >= 4 is 39.3 Å². The molecule has 3 aromatic rings. The number of nitrogens with one attached hydrogen (secondary N) is 1. The molecule has 1 aromatic heterocycles. The second kappa shape index (κ2) is 7.20. The van der Waals surface area contributed by atoms with Crippen LogP contribution >= 0.6 is 27.5 Å². The smallest absolute Gasteiger partial charge is 0.256 e. The van der Waals surface area contributed by atoms with E-state index >= 15 is 0 Å². The van der Waals surface area contributed by atoms with Gasteiger partial charge in [0.1, 0.15) is 0 Å². The molecule has 0 aliphatic rings. The Labute approximate surface area is 153 Å². The van der Waals surface area contributed by atoms with Gasteiger partial charge in [0.25, 0.3) is 5.91 Å². The third-order valence-corrected chi connectivity index (χ3v) is 4.50. The maximum absolute atomic E-state index is 12.3. The number of amides is 1. The Morgan fingerprint density at radius 1 is 1.21 bits per heavy atom. The van der Waals surface area contributed by atoms with Crippen LogP contribution < -0.4 is 5.32 Å². The van der Waals surface area contributed by atoms with Gasteiger partial charge in [-0.2, -0.15) is 5.10 Å². The Hall–Kier alpha value is -2.11. The number of carbonyl (C=O) groups is 1. The molecule has 0 aliphatic heterocycles. The first kappa shape index (κ1) is 16.7. The summed E-state index contributed by atoms with van der Waals surface area (Å²) >= 11 is 9.55. The van der Waals surface area contributed by atoms with Crippen molar-refractivity contribution in [2.24, 2.45) is 0 Å². The van der Waals surface area contributed by atoms with Crippen LogP contribution in [-0.4, -0.2) is 15.7 Å². The van der Waals surface area contributed by atoms with E-state index in [4.69, 9.17) is 11.6 Å². The summed E-state index contributed by atoms with van der Waals surface area (Å²) in [4.78, 5) is 12.3. The number of halogens is 2. The monoisotopic (exact) mass is 403 g/mol. The molecule has 0 bridgehead atoms. The first-order valence-electron chi connectivity index (χ1n) is 7.38. The molecule has 1 amide bonds. The molecule has 0 saturated carbocycles. The number of hydrogen-bond acceptors (Lipinski definition) is 2. The van der Waals surface area contributed by atoms with E-state index in [-0.39, 0.29) is 5.91 Å². The first-order valence-corrected chi connectivity index (χ1v) is 8.55. The molecular weight excluding hydrogens is 390 g/mol. The molecule has 3 rings (SSSR count). The van der Waals surface area contributed by atoms with E-state index < -0.39 is 0 Å². The Morgan fingerprint density at radius 3 is 2.62 bits per heavy atom. The average Bonchev–Trinajstić information content (AvgIpc) is 2.89. The van der Waals surface area contributed by atoms with E-state index in [0.29, 0.717) is 22.9 Å². The zero-order valence-electron chi connectivity index (χ0n) is 13.0. The van der Waals surface area contributed by atoms with Crippen LogP contribution in [0.15, 0.2) is 59.1 Å². The van der Waals surface area contributed by atoms with Crippen molar-refractivity contribution in [3.63, 3.8) is 0 Å². The Morgan fingerprint density at radius 2 is 1.92 bits per heavy atom. The van der Waals surface area contributed by atoms with Gasteiger partial charge >= 0.3 is 0 Å². The molecule has 0 radical (unpaired) electrons. The van der Waals surface area contributed by atoms with Crippen LogP contribution in [0.2, 0.25) is 5.02 Å². The molecular formula is C18H15BrClN3O. The van der Waals surface area contributed by atoms with Crippen molar-refractivity contribution in [2.45, 2.75) is 13.5 Å². The highest BCUT2D eigenvalue weighted by Crippen LogP contribution is 2.18. The summed E-state index contributed by atoms with van der Waals surface area (Å²) in [7, 11) is 0. The summed E-state index contributed by atoms with van der Waals surface area (Å²) in [5.41, 5.74) is 2.51. The fourth-order valence-corrected chi connectivity index (χ4v) is 2.77. The van der Waals surface area contributed by atoms with E-state index in [2.05, 4.69) is 26.3 Å². The van der Waals surface area contributed by atoms with Crippen molar-refractivity contribution in [3.05, 3.63) is 80.9 Å². The second-order valence-corrected chi connectivity index (χ2v) is 6.70. The Bertz CT molecular complexity index is 874. The van der Waals surface area contributed by atoms with Crippen molar-refractivity contribution < 1.29 is 4.79 Å². The number of nitrogens with zero attached hydrogens (tertiary/aromatic N) is 2. The van der Waals surface area contributed by atoms with Crippen molar-refractivity contribution in [3.8, 4) is 0 Å². The molecule has 0 atom stereocenters. The highest BCUT2D eigenvalue weighted by Gasteiger charge is 2.11. The normalized spacial score (nSPS) is 10.6. The number of anilines is 1. The second-order valence-electron chi connectivity index (χ2n) is 5.38. The van der Waals surface area contributed by atoms with E-state index in [1.165, 1.54) is 0 Å². The third-order valence-electron chi connectivity index (χ3n) is 3.61. The van der Waals surface area contributed by atoms with Crippen molar-refractivity contribution in [1.82, 2.24) is 9.78 Å². The maximum Gasteiger partial charge on any atom is 0.256 e. The van der Waals surface area contributed by atoms with Crippen LogP contribution in [0.25, 0.3) is 0 Å². The van der Waals surface area contributed by atoms with E-state index in [0.717, 1.165) is 15.7 Å². The highest BCUT2D eigenvalue weighted by atomic mass is 79.9. The summed E-state index contributed by atoms with van der Waals surface area (Å²) < 4.78 is 2.75. The SMILES string of the molecule is Cc1cc(NC(=O)c2ccc(Br)cc2)nn1Cc1ccccc1Cl. The minimum absolute atomic E-state index is 0.190. The van der Waals surface area contributed by atoms with E-state index in [1.807, 2.05) is 54.1 Å². The summed E-state index contributed by atoms with van der Waals surface area (Å²) in [6.07, 6.45) is 0. The molecule has 1 heterocycles. The highest BCUT2D eigenvalue weighted by molar-refractivity contribution is 9.10. The van der Waals surface area contributed by atoms with Gasteiger partial charge in [-0.3, -0.25) is 9.48 Å². The minimum atomic E-state index is -0.190. The predicted octanol–water partition coefficient (Wildman–Crippen LogP) is 4.91. The van der Waals surface area contributed by atoms with Gasteiger partial charge in [0, 0.05) is 26.8 Å². The van der Waals surface area contributed by atoms with Gasteiger partial charge in [0.15, 0.2) is 5.82 Å². The van der Waals surface area contributed by atoms with Crippen LogP contribution in [-0.2, 0) is 6.54 Å². The van der Waals surface area contributed by atoms with E-state index in [1.54, 1.807) is 12.1 Å². The molecule has 0 aliphatic carbocycles. The summed E-state index contributed by atoms with van der Waals surface area (Å²) in [5.74, 6) is 0.331. The topological polar surface area (TPSA) is 46.9 Å². The van der Waals surface area contributed by atoms with Crippen molar-refractivity contribution in [1.29, 1.82) is 0 Å². The molecule has 4 nitrogen and oxygen atoms in total. The number of hydrogen-bond donors (Lipinski definition) is 1. The van der Waals surface area contributed by atoms with Crippen LogP contribution in [0.3, 0.4) is 0 Å². The van der Waals surface area contributed by atoms with Gasteiger partial charge in [-0.05, 0) is 42.8 Å². The van der Waals surface area contributed by atoms with Gasteiger partial charge in [0.2, 0.25) is 0 Å². The lowest BCUT2D eigenvalue weighted by molar-refractivity contribution is 0.102. The minimum Gasteiger partial charge on any atom is -0.305 e. The van der Waals surface area contributed by atoms with E-state index in [9.17, 15) is 4.79 Å². The third kappa shape index (κ3) is 3.86. The number of carbonyl (C=O) groups excluding carboxylic acids is 1. The van der Waals surface area contributed by atoms with Gasteiger partial charge in [-0.15, -0.1) is 0 Å². The van der Waals surface area contributed by atoms with Gasteiger partial charge in [-0.25, -0.2) is 0 Å². The molecule has 2 aromatic carbocycles. The van der Waals surface area contributed by atoms with Crippen LogP contribution in [0, 0.1) is 6.92 Å². The largest absolute Gasteiger partial charge is 0.305 e. The standard InChI is InChI=1S/C18H15BrClN3O/c1-12-10-17(21-18(24)13-6-8-15(19)9-7-13)22-23(12)11-14-4-2-3-5-16(14)20/h2-10H,11H2,1H3,(H,21,22,24). The summed E-state index contributed by atoms with van der Waals surface area (Å²) in [6, 6.07) is 16.7. The Kier molecular flexibility index (Phi) is 5.02. The number of rotatable bonds is 4. The lowest BCUT2D eigenvalue weighted by Crippen LogP contribution is -2.12. The number of aryl methyl sites for hydroxylation is 1. The molecule has 6 heteroatoms. The molecule has 122 valence electrons. The lowest BCUT2D eigenvalue weighted by Gasteiger charge is -2.06. The first-order chi connectivity index (χ1) is 11.5.